The van der Waals surface area contributed by atoms with Crippen molar-refractivity contribution >= 4 is 38.9 Å². The maximum Gasteiger partial charge on any atom is 0.0561 e. The molecule has 0 aliphatic rings. The molecule has 0 radical (unpaired) electrons. The van der Waals surface area contributed by atoms with E-state index in [2.05, 4.69) is 216 Å². The van der Waals surface area contributed by atoms with E-state index in [1.807, 2.05) is 0 Å². The molecular weight excluding hydrogens is 605 g/mol. The summed E-state index contributed by atoms with van der Waals surface area (Å²) in [6.07, 6.45) is 0. The summed E-state index contributed by atoms with van der Waals surface area (Å²) >= 11 is 0. The standard InChI is InChI=1S/C48H34N2/c1-5-13-35(14-6-1)38-21-26-42(27-22-38)49(43-28-23-39(24-29-43)36-15-7-2-8-16-36)44-30-32-46-45-31-25-40(37-17-9-3-10-18-37)33-47(45)50(48(46)34-44)41-19-11-4-12-20-41/h1-34H. The molecule has 0 unspecified atom stereocenters. The second-order valence-electron chi connectivity index (χ2n) is 12.6. The SMILES string of the molecule is c1ccc(-c2ccc(N(c3ccc(-c4ccccc4)cc3)c3ccc4c5ccc(-c6ccccc6)cc5n(-c5ccccc5)c4c3)cc2)cc1. The molecular formula is C48H34N2. The van der Waals surface area contributed by atoms with Crippen molar-refractivity contribution in [1.29, 1.82) is 0 Å². The van der Waals surface area contributed by atoms with E-state index < -0.39 is 0 Å². The highest BCUT2D eigenvalue weighted by atomic mass is 15.1. The van der Waals surface area contributed by atoms with Crippen LogP contribution in [0.4, 0.5) is 17.1 Å². The molecule has 236 valence electrons. The van der Waals surface area contributed by atoms with Gasteiger partial charge in [0.1, 0.15) is 0 Å². The van der Waals surface area contributed by atoms with Gasteiger partial charge in [0.2, 0.25) is 0 Å². The first-order valence-electron chi connectivity index (χ1n) is 17.1. The molecule has 0 N–H and O–H groups in total. The van der Waals surface area contributed by atoms with E-state index in [1.165, 1.54) is 55.2 Å². The van der Waals surface area contributed by atoms with E-state index in [4.69, 9.17) is 0 Å². The van der Waals surface area contributed by atoms with Crippen LogP contribution in [-0.2, 0) is 0 Å². The molecule has 9 aromatic rings. The van der Waals surface area contributed by atoms with Gasteiger partial charge in [0.25, 0.3) is 0 Å². The third-order valence-electron chi connectivity index (χ3n) is 9.60. The molecule has 50 heavy (non-hydrogen) atoms. The highest BCUT2D eigenvalue weighted by Gasteiger charge is 2.18. The fourth-order valence-electron chi connectivity index (χ4n) is 7.13. The molecule has 0 saturated heterocycles. The van der Waals surface area contributed by atoms with Crippen LogP contribution in [-0.4, -0.2) is 4.57 Å². The molecule has 0 saturated carbocycles. The summed E-state index contributed by atoms with van der Waals surface area (Å²) in [5.41, 5.74) is 14.0. The van der Waals surface area contributed by atoms with Gasteiger partial charge in [0.05, 0.1) is 11.0 Å². The Balaban J connectivity index is 1.23. The first-order chi connectivity index (χ1) is 24.8. The van der Waals surface area contributed by atoms with Crippen LogP contribution in [0, 0.1) is 0 Å². The van der Waals surface area contributed by atoms with Gasteiger partial charge in [-0.1, -0.05) is 152 Å². The van der Waals surface area contributed by atoms with Crippen LogP contribution in [0.3, 0.4) is 0 Å². The number of hydrogen-bond donors (Lipinski definition) is 0. The van der Waals surface area contributed by atoms with Crippen molar-refractivity contribution in [3.05, 3.63) is 206 Å². The summed E-state index contributed by atoms with van der Waals surface area (Å²) < 4.78 is 2.41. The number of rotatable bonds is 7. The monoisotopic (exact) mass is 638 g/mol. The summed E-state index contributed by atoms with van der Waals surface area (Å²) in [7, 11) is 0. The van der Waals surface area contributed by atoms with Crippen LogP contribution in [0.1, 0.15) is 0 Å². The van der Waals surface area contributed by atoms with Gasteiger partial charge in [0, 0.05) is 33.5 Å². The number of aromatic nitrogens is 1. The highest BCUT2D eigenvalue weighted by Crippen LogP contribution is 2.41. The Morgan fingerprint density at radius 3 is 1.14 bits per heavy atom. The van der Waals surface area contributed by atoms with Gasteiger partial charge in [-0.15, -0.1) is 0 Å². The average molecular weight is 639 g/mol. The van der Waals surface area contributed by atoms with Gasteiger partial charge in [-0.2, -0.15) is 0 Å². The lowest BCUT2D eigenvalue weighted by Gasteiger charge is -2.26. The van der Waals surface area contributed by atoms with Crippen LogP contribution in [0.15, 0.2) is 206 Å². The maximum absolute atomic E-state index is 2.41. The molecule has 2 nitrogen and oxygen atoms in total. The third-order valence-corrected chi connectivity index (χ3v) is 9.60. The molecule has 2 heteroatoms. The van der Waals surface area contributed by atoms with E-state index >= 15 is 0 Å². The number of benzene rings is 8. The van der Waals surface area contributed by atoms with Gasteiger partial charge in [-0.3, -0.25) is 0 Å². The Bertz CT molecular complexity index is 2450. The molecule has 0 bridgehead atoms. The summed E-state index contributed by atoms with van der Waals surface area (Å²) in [5, 5.41) is 2.46. The fraction of sp³-hybridized carbons (Fsp3) is 0. The van der Waals surface area contributed by atoms with E-state index in [1.54, 1.807) is 0 Å². The lowest BCUT2D eigenvalue weighted by atomic mass is 10.0. The molecule has 0 fully saturated rings. The van der Waals surface area contributed by atoms with Crippen LogP contribution < -0.4 is 4.90 Å². The highest BCUT2D eigenvalue weighted by molar-refractivity contribution is 6.11. The van der Waals surface area contributed by atoms with Gasteiger partial charge in [0.15, 0.2) is 0 Å². The first kappa shape index (κ1) is 29.5. The molecule has 0 aliphatic heterocycles. The van der Waals surface area contributed by atoms with E-state index in [0.717, 1.165) is 22.7 Å². The second kappa shape index (κ2) is 12.8. The molecule has 0 aliphatic carbocycles. The Morgan fingerprint density at radius 1 is 0.280 bits per heavy atom. The molecule has 0 amide bonds. The zero-order chi connectivity index (χ0) is 33.3. The van der Waals surface area contributed by atoms with Crippen molar-refractivity contribution < 1.29 is 0 Å². The summed E-state index contributed by atoms with van der Waals surface area (Å²) in [5.74, 6) is 0. The number of fused-ring (bicyclic) bond motifs is 3. The number of hydrogen-bond acceptors (Lipinski definition) is 1. The molecule has 9 rings (SSSR count). The zero-order valence-corrected chi connectivity index (χ0v) is 27.5. The number of para-hydroxylation sites is 1. The Morgan fingerprint density at radius 2 is 0.640 bits per heavy atom. The summed E-state index contributed by atoms with van der Waals surface area (Å²) in [4.78, 5) is 2.37. The fourth-order valence-corrected chi connectivity index (χ4v) is 7.13. The Kier molecular flexibility index (Phi) is 7.53. The van der Waals surface area contributed by atoms with Crippen LogP contribution in [0.2, 0.25) is 0 Å². The average Bonchev–Trinajstić information content (AvgIpc) is 3.53. The minimum atomic E-state index is 1.10. The normalized spacial score (nSPS) is 11.2. The Labute approximate surface area is 292 Å². The molecule has 0 spiro atoms. The topological polar surface area (TPSA) is 8.17 Å². The molecule has 8 aromatic carbocycles. The van der Waals surface area contributed by atoms with Crippen molar-refractivity contribution in [2.24, 2.45) is 0 Å². The molecule has 0 atom stereocenters. The van der Waals surface area contributed by atoms with Crippen LogP contribution in [0.5, 0.6) is 0 Å². The van der Waals surface area contributed by atoms with Crippen LogP contribution in [0.25, 0.3) is 60.9 Å². The smallest absolute Gasteiger partial charge is 0.0561 e. The van der Waals surface area contributed by atoms with Crippen molar-refractivity contribution in [3.63, 3.8) is 0 Å². The number of anilines is 3. The van der Waals surface area contributed by atoms with Gasteiger partial charge < -0.3 is 9.47 Å². The maximum atomic E-state index is 2.41. The van der Waals surface area contributed by atoms with E-state index in [-0.39, 0.29) is 0 Å². The second-order valence-corrected chi connectivity index (χ2v) is 12.6. The van der Waals surface area contributed by atoms with E-state index in [9.17, 15) is 0 Å². The van der Waals surface area contributed by atoms with Crippen LogP contribution >= 0.6 is 0 Å². The van der Waals surface area contributed by atoms with Crippen molar-refractivity contribution in [3.8, 4) is 39.1 Å². The van der Waals surface area contributed by atoms with Gasteiger partial charge >= 0.3 is 0 Å². The first-order valence-corrected chi connectivity index (χ1v) is 17.1. The van der Waals surface area contributed by atoms with Crippen molar-refractivity contribution in [2.45, 2.75) is 0 Å². The van der Waals surface area contributed by atoms with Crippen molar-refractivity contribution in [2.75, 3.05) is 4.90 Å². The molecule has 1 heterocycles. The summed E-state index contributed by atoms with van der Waals surface area (Å²) in [6.45, 7) is 0. The zero-order valence-electron chi connectivity index (χ0n) is 27.5. The third kappa shape index (κ3) is 5.43. The molecule has 1 aromatic heterocycles. The minimum Gasteiger partial charge on any atom is -0.310 e. The Hall–Kier alpha value is -6.64. The quantitative estimate of drug-likeness (QED) is 0.169. The van der Waals surface area contributed by atoms with Gasteiger partial charge in [-0.05, 0) is 88.0 Å². The van der Waals surface area contributed by atoms with Gasteiger partial charge in [-0.25, -0.2) is 0 Å². The predicted molar refractivity (Wildman–Crippen MR) is 212 cm³/mol. The van der Waals surface area contributed by atoms with E-state index in [0.29, 0.717) is 0 Å². The lowest BCUT2D eigenvalue weighted by Crippen LogP contribution is -2.10. The number of nitrogens with zero attached hydrogens (tertiary/aromatic N) is 2. The lowest BCUT2D eigenvalue weighted by molar-refractivity contribution is 1.18. The predicted octanol–water partition coefficient (Wildman–Crippen LogP) is 13.3. The minimum absolute atomic E-state index is 1.10. The summed E-state index contributed by atoms with van der Waals surface area (Å²) in [6, 6.07) is 74.1. The largest absolute Gasteiger partial charge is 0.310 e. The van der Waals surface area contributed by atoms with Crippen molar-refractivity contribution in [1.82, 2.24) is 4.57 Å².